The molecule has 0 aliphatic heterocycles. The van der Waals surface area contributed by atoms with Crippen molar-refractivity contribution in [2.24, 2.45) is 7.05 Å². The van der Waals surface area contributed by atoms with Crippen molar-refractivity contribution in [3.05, 3.63) is 24.3 Å². The van der Waals surface area contributed by atoms with Gasteiger partial charge in [-0.3, -0.25) is 0 Å². The highest BCUT2D eigenvalue weighted by molar-refractivity contribution is 5.39. The Kier molecular flexibility index (Phi) is 5.00. The van der Waals surface area contributed by atoms with Gasteiger partial charge in [0.15, 0.2) is 0 Å². The molecule has 78 valence electrons. The molecule has 0 radical (unpaired) electrons. The first-order chi connectivity index (χ1) is 6.84. The molecule has 1 aromatic rings. The van der Waals surface area contributed by atoms with Gasteiger partial charge in [-0.1, -0.05) is 13.0 Å². The molecule has 3 nitrogen and oxygen atoms in total. The van der Waals surface area contributed by atoms with Crippen LogP contribution < -0.4 is 5.32 Å². The van der Waals surface area contributed by atoms with Crippen molar-refractivity contribution in [1.29, 1.82) is 0 Å². The van der Waals surface area contributed by atoms with E-state index in [1.165, 1.54) is 6.42 Å². The van der Waals surface area contributed by atoms with E-state index in [2.05, 4.69) is 29.4 Å². The lowest BCUT2D eigenvalue weighted by atomic mass is 10.3. The van der Waals surface area contributed by atoms with E-state index in [1.807, 2.05) is 24.0 Å². The minimum atomic E-state index is 1.01. The van der Waals surface area contributed by atoms with Crippen molar-refractivity contribution >= 4 is 6.08 Å². The third-order valence-electron chi connectivity index (χ3n) is 2.04. The van der Waals surface area contributed by atoms with Crippen molar-refractivity contribution in [1.82, 2.24) is 14.9 Å². The average Bonchev–Trinajstić information content (AvgIpc) is 2.58. The number of aryl methyl sites for hydroxylation is 1. The molecule has 3 heteroatoms. The lowest BCUT2D eigenvalue weighted by molar-refractivity contribution is 0.678. The van der Waals surface area contributed by atoms with Crippen LogP contribution in [0.5, 0.6) is 0 Å². The van der Waals surface area contributed by atoms with Crippen LogP contribution in [0.4, 0.5) is 0 Å². The summed E-state index contributed by atoms with van der Waals surface area (Å²) in [5.74, 6) is 1.01. The Morgan fingerprint density at radius 1 is 1.50 bits per heavy atom. The quantitative estimate of drug-likeness (QED) is 0.698. The fourth-order valence-corrected chi connectivity index (χ4v) is 1.21. The number of nitrogens with zero attached hydrogens (tertiary/aromatic N) is 2. The maximum atomic E-state index is 4.21. The van der Waals surface area contributed by atoms with Gasteiger partial charge in [0.1, 0.15) is 5.82 Å². The molecular formula is C11H19N3. The van der Waals surface area contributed by atoms with E-state index in [0.717, 1.165) is 25.3 Å². The molecule has 14 heavy (non-hydrogen) atoms. The first kappa shape index (κ1) is 11.0. The standard InChI is InChI=1S/C11H19N3/c1-3-7-12-8-5-4-6-11-13-9-10-14(11)2/h4,6,9-10,12H,3,5,7-8H2,1-2H3. The lowest BCUT2D eigenvalue weighted by Gasteiger charge is -1.98. The first-order valence-electron chi connectivity index (χ1n) is 5.19. The Morgan fingerprint density at radius 3 is 3.00 bits per heavy atom. The fraction of sp³-hybridized carbons (Fsp3) is 0.545. The van der Waals surface area contributed by atoms with E-state index < -0.39 is 0 Å². The van der Waals surface area contributed by atoms with Crippen LogP contribution in [0.1, 0.15) is 25.6 Å². The van der Waals surface area contributed by atoms with Crippen LogP contribution in [-0.4, -0.2) is 22.6 Å². The molecule has 1 heterocycles. The monoisotopic (exact) mass is 193 g/mol. The molecule has 0 atom stereocenters. The number of nitrogens with one attached hydrogen (secondary N) is 1. The van der Waals surface area contributed by atoms with E-state index in [4.69, 9.17) is 0 Å². The largest absolute Gasteiger partial charge is 0.335 e. The fourth-order valence-electron chi connectivity index (χ4n) is 1.21. The molecule has 0 unspecified atom stereocenters. The molecule has 0 aromatic carbocycles. The first-order valence-corrected chi connectivity index (χ1v) is 5.19. The second-order valence-corrected chi connectivity index (χ2v) is 3.34. The number of aromatic nitrogens is 2. The molecule has 0 aliphatic rings. The summed E-state index contributed by atoms with van der Waals surface area (Å²) in [5, 5.41) is 3.35. The van der Waals surface area contributed by atoms with Gasteiger partial charge in [-0.05, 0) is 32.0 Å². The predicted octanol–water partition coefficient (Wildman–Crippen LogP) is 1.82. The number of imidazole rings is 1. The topological polar surface area (TPSA) is 29.9 Å². The van der Waals surface area contributed by atoms with Gasteiger partial charge >= 0.3 is 0 Å². The second-order valence-electron chi connectivity index (χ2n) is 3.34. The average molecular weight is 193 g/mol. The van der Waals surface area contributed by atoms with E-state index in [-0.39, 0.29) is 0 Å². The molecule has 0 saturated heterocycles. The molecule has 0 amide bonds. The highest BCUT2D eigenvalue weighted by atomic mass is 15.0. The van der Waals surface area contributed by atoms with Gasteiger partial charge in [0, 0.05) is 19.4 Å². The summed E-state index contributed by atoms with van der Waals surface area (Å²) in [6.07, 6.45) is 10.2. The van der Waals surface area contributed by atoms with Crippen molar-refractivity contribution < 1.29 is 0 Å². The van der Waals surface area contributed by atoms with Crippen molar-refractivity contribution in [2.75, 3.05) is 13.1 Å². The highest BCUT2D eigenvalue weighted by Crippen LogP contribution is 1.97. The molecule has 1 aromatic heterocycles. The van der Waals surface area contributed by atoms with Crippen LogP contribution >= 0.6 is 0 Å². The van der Waals surface area contributed by atoms with E-state index in [0.29, 0.717) is 0 Å². The van der Waals surface area contributed by atoms with E-state index >= 15 is 0 Å². The molecule has 1 rings (SSSR count). The maximum Gasteiger partial charge on any atom is 0.131 e. The Balaban J connectivity index is 2.18. The summed E-state index contributed by atoms with van der Waals surface area (Å²) in [6, 6.07) is 0. The zero-order valence-corrected chi connectivity index (χ0v) is 9.03. The van der Waals surface area contributed by atoms with Gasteiger partial charge in [0.2, 0.25) is 0 Å². The summed E-state index contributed by atoms with van der Waals surface area (Å²) in [5.41, 5.74) is 0. The molecule has 0 saturated carbocycles. The van der Waals surface area contributed by atoms with E-state index in [9.17, 15) is 0 Å². The molecule has 1 N–H and O–H groups in total. The molecule has 0 bridgehead atoms. The van der Waals surface area contributed by atoms with Crippen molar-refractivity contribution in [3.63, 3.8) is 0 Å². The van der Waals surface area contributed by atoms with Crippen LogP contribution in [0, 0.1) is 0 Å². The van der Waals surface area contributed by atoms with Crippen LogP contribution in [0.3, 0.4) is 0 Å². The summed E-state index contributed by atoms with van der Waals surface area (Å²) in [4.78, 5) is 4.21. The van der Waals surface area contributed by atoms with Crippen LogP contribution in [-0.2, 0) is 7.05 Å². The Bertz CT molecular complexity index is 276. The third kappa shape index (κ3) is 3.75. The molecule has 0 fully saturated rings. The van der Waals surface area contributed by atoms with Gasteiger partial charge in [-0.2, -0.15) is 0 Å². The van der Waals surface area contributed by atoms with Gasteiger partial charge in [0.05, 0.1) is 0 Å². The van der Waals surface area contributed by atoms with E-state index in [1.54, 1.807) is 0 Å². The summed E-state index contributed by atoms with van der Waals surface area (Å²) >= 11 is 0. The number of hydrogen-bond acceptors (Lipinski definition) is 2. The third-order valence-corrected chi connectivity index (χ3v) is 2.04. The SMILES string of the molecule is CCCNCCC=Cc1nccn1C. The normalized spacial score (nSPS) is 11.3. The smallest absolute Gasteiger partial charge is 0.131 e. The summed E-state index contributed by atoms with van der Waals surface area (Å²) in [7, 11) is 2.00. The van der Waals surface area contributed by atoms with Crippen LogP contribution in [0.25, 0.3) is 6.08 Å². The maximum absolute atomic E-state index is 4.21. The lowest BCUT2D eigenvalue weighted by Crippen LogP contribution is -2.14. The predicted molar refractivity (Wildman–Crippen MR) is 60.0 cm³/mol. The van der Waals surface area contributed by atoms with Crippen molar-refractivity contribution in [2.45, 2.75) is 19.8 Å². The Hall–Kier alpha value is -1.09. The van der Waals surface area contributed by atoms with Crippen LogP contribution in [0.15, 0.2) is 18.5 Å². The molecular weight excluding hydrogens is 174 g/mol. The van der Waals surface area contributed by atoms with Gasteiger partial charge in [-0.15, -0.1) is 0 Å². The van der Waals surface area contributed by atoms with Gasteiger partial charge < -0.3 is 9.88 Å². The second kappa shape index (κ2) is 6.38. The zero-order valence-electron chi connectivity index (χ0n) is 9.03. The minimum Gasteiger partial charge on any atom is -0.335 e. The summed E-state index contributed by atoms with van der Waals surface area (Å²) < 4.78 is 2.01. The Morgan fingerprint density at radius 2 is 2.36 bits per heavy atom. The van der Waals surface area contributed by atoms with Crippen LogP contribution in [0.2, 0.25) is 0 Å². The number of hydrogen-bond donors (Lipinski definition) is 1. The number of rotatable bonds is 6. The molecule has 0 spiro atoms. The zero-order chi connectivity index (χ0) is 10.2. The Labute approximate surface area is 85.8 Å². The van der Waals surface area contributed by atoms with Crippen molar-refractivity contribution in [3.8, 4) is 0 Å². The summed E-state index contributed by atoms with van der Waals surface area (Å²) in [6.45, 7) is 4.34. The highest BCUT2D eigenvalue weighted by Gasteiger charge is 1.90. The van der Waals surface area contributed by atoms with Gasteiger partial charge in [-0.25, -0.2) is 4.98 Å². The van der Waals surface area contributed by atoms with Gasteiger partial charge in [0.25, 0.3) is 0 Å². The molecule has 0 aliphatic carbocycles. The minimum absolute atomic E-state index is 1.01.